The van der Waals surface area contributed by atoms with Gasteiger partial charge in [-0.3, -0.25) is 0 Å². The first kappa shape index (κ1) is 7.86. The minimum Gasteiger partial charge on any atom is -0.416 e. The van der Waals surface area contributed by atoms with Crippen molar-refractivity contribution < 1.29 is 4.42 Å². The van der Waals surface area contributed by atoms with Gasteiger partial charge in [0.2, 0.25) is 0 Å². The predicted octanol–water partition coefficient (Wildman–Crippen LogP) is 1.74. The molecule has 2 rings (SSSR count). The second-order valence-corrected chi connectivity index (χ2v) is 2.81. The van der Waals surface area contributed by atoms with Gasteiger partial charge in [0.15, 0.2) is 0 Å². The molecule has 0 aliphatic rings. The maximum absolute atomic E-state index is 11.2. The average molecular weight is 175 g/mol. The lowest BCUT2D eigenvalue weighted by molar-refractivity contribution is 0.504. The highest BCUT2D eigenvalue weighted by atomic mass is 16.4. The number of para-hydroxylation sites is 1. The first-order valence-electron chi connectivity index (χ1n) is 4.01. The molecule has 0 atom stereocenters. The number of nitrogens with zero attached hydrogens (tertiary/aromatic N) is 1. The zero-order valence-electron chi connectivity index (χ0n) is 7.23. The van der Waals surface area contributed by atoms with Crippen LogP contribution in [0.25, 0.3) is 5.69 Å². The second-order valence-electron chi connectivity index (χ2n) is 2.81. The van der Waals surface area contributed by atoms with Crippen LogP contribution in [0.4, 0.5) is 0 Å². The van der Waals surface area contributed by atoms with Crippen molar-refractivity contribution in [2.24, 2.45) is 0 Å². The number of oxazole rings is 1. The van der Waals surface area contributed by atoms with Crippen LogP contribution in [0.15, 0.2) is 45.8 Å². The average Bonchev–Trinajstić information content (AvgIpc) is 2.48. The number of aryl methyl sites for hydroxylation is 1. The summed E-state index contributed by atoms with van der Waals surface area (Å²) in [6, 6.07) is 9.40. The normalized spacial score (nSPS) is 10.2. The Bertz CT molecular complexity index is 453. The molecule has 2 aromatic rings. The summed E-state index contributed by atoms with van der Waals surface area (Å²) in [6.07, 6.45) is 1.45. The first-order valence-corrected chi connectivity index (χ1v) is 4.01. The van der Waals surface area contributed by atoms with Crippen molar-refractivity contribution in [1.29, 1.82) is 0 Å². The third kappa shape index (κ3) is 1.28. The Hall–Kier alpha value is -1.77. The van der Waals surface area contributed by atoms with E-state index in [9.17, 15) is 4.79 Å². The maximum Gasteiger partial charge on any atom is 0.423 e. The van der Waals surface area contributed by atoms with Crippen LogP contribution in [0.5, 0.6) is 0 Å². The van der Waals surface area contributed by atoms with Crippen molar-refractivity contribution in [1.82, 2.24) is 4.57 Å². The molecule has 0 fully saturated rings. The number of rotatable bonds is 1. The van der Waals surface area contributed by atoms with Gasteiger partial charge in [-0.2, -0.15) is 0 Å². The Morgan fingerprint density at radius 1 is 1.23 bits per heavy atom. The molecule has 0 aliphatic carbocycles. The van der Waals surface area contributed by atoms with Crippen LogP contribution in [-0.4, -0.2) is 4.57 Å². The van der Waals surface area contributed by atoms with Crippen molar-refractivity contribution in [3.05, 3.63) is 52.8 Å². The molecule has 0 unspecified atom stereocenters. The van der Waals surface area contributed by atoms with Crippen molar-refractivity contribution in [2.75, 3.05) is 0 Å². The van der Waals surface area contributed by atoms with Gasteiger partial charge < -0.3 is 4.42 Å². The lowest BCUT2D eigenvalue weighted by atomic mass is 10.3. The van der Waals surface area contributed by atoms with Gasteiger partial charge in [0, 0.05) is 0 Å². The number of hydrogen-bond acceptors (Lipinski definition) is 2. The SMILES string of the molecule is Cc1coc(=O)n1-c1ccccc1. The van der Waals surface area contributed by atoms with Crippen molar-refractivity contribution in [3.63, 3.8) is 0 Å². The molecular weight excluding hydrogens is 166 g/mol. The van der Waals surface area contributed by atoms with Crippen LogP contribution >= 0.6 is 0 Å². The fourth-order valence-electron chi connectivity index (χ4n) is 1.27. The van der Waals surface area contributed by atoms with Gasteiger partial charge in [0.05, 0.1) is 11.4 Å². The maximum atomic E-state index is 11.2. The Morgan fingerprint density at radius 3 is 2.46 bits per heavy atom. The van der Waals surface area contributed by atoms with Gasteiger partial charge in [-0.1, -0.05) is 18.2 Å². The van der Waals surface area contributed by atoms with E-state index in [1.165, 1.54) is 10.8 Å². The highest BCUT2D eigenvalue weighted by Gasteiger charge is 2.04. The molecule has 0 aliphatic heterocycles. The predicted molar refractivity (Wildman–Crippen MR) is 49.0 cm³/mol. The first-order chi connectivity index (χ1) is 6.29. The smallest absolute Gasteiger partial charge is 0.416 e. The molecule has 13 heavy (non-hydrogen) atoms. The molecular formula is C10H9NO2. The topological polar surface area (TPSA) is 35.1 Å². The Balaban J connectivity index is 2.65. The van der Waals surface area contributed by atoms with Crippen molar-refractivity contribution >= 4 is 0 Å². The van der Waals surface area contributed by atoms with Crippen LogP contribution in [0.2, 0.25) is 0 Å². The van der Waals surface area contributed by atoms with E-state index in [4.69, 9.17) is 4.42 Å². The van der Waals surface area contributed by atoms with E-state index >= 15 is 0 Å². The summed E-state index contributed by atoms with van der Waals surface area (Å²) in [4.78, 5) is 11.2. The van der Waals surface area contributed by atoms with E-state index < -0.39 is 0 Å². The Labute approximate surface area is 75.2 Å². The molecule has 3 heteroatoms. The van der Waals surface area contributed by atoms with Crippen LogP contribution in [0.3, 0.4) is 0 Å². The van der Waals surface area contributed by atoms with Crippen LogP contribution in [0, 0.1) is 6.92 Å². The number of hydrogen-bond donors (Lipinski definition) is 0. The van der Waals surface area contributed by atoms with Gasteiger partial charge in [-0.15, -0.1) is 0 Å². The summed E-state index contributed by atoms with van der Waals surface area (Å²) in [5.41, 5.74) is 1.63. The Morgan fingerprint density at radius 2 is 1.92 bits per heavy atom. The molecule has 1 aromatic carbocycles. The summed E-state index contributed by atoms with van der Waals surface area (Å²) in [5, 5.41) is 0. The van der Waals surface area contributed by atoms with Gasteiger partial charge in [0.1, 0.15) is 6.26 Å². The van der Waals surface area contributed by atoms with Crippen LogP contribution in [0.1, 0.15) is 5.69 Å². The van der Waals surface area contributed by atoms with E-state index in [0.29, 0.717) is 0 Å². The largest absolute Gasteiger partial charge is 0.423 e. The summed E-state index contributed by atoms with van der Waals surface area (Å²) in [7, 11) is 0. The highest BCUT2D eigenvalue weighted by Crippen LogP contribution is 2.06. The molecule has 0 bridgehead atoms. The summed E-state index contributed by atoms with van der Waals surface area (Å²) in [6.45, 7) is 1.83. The molecule has 3 nitrogen and oxygen atoms in total. The van der Waals surface area contributed by atoms with E-state index in [0.717, 1.165) is 11.4 Å². The highest BCUT2D eigenvalue weighted by molar-refractivity contribution is 5.32. The van der Waals surface area contributed by atoms with Crippen LogP contribution in [-0.2, 0) is 0 Å². The van der Waals surface area contributed by atoms with E-state index in [1.54, 1.807) is 0 Å². The molecule has 0 amide bonds. The second kappa shape index (κ2) is 2.94. The lowest BCUT2D eigenvalue weighted by Crippen LogP contribution is -2.12. The fraction of sp³-hybridized carbons (Fsp3) is 0.100. The van der Waals surface area contributed by atoms with E-state index in [2.05, 4.69) is 0 Å². The minimum atomic E-state index is -0.344. The van der Waals surface area contributed by atoms with Crippen molar-refractivity contribution in [3.8, 4) is 5.69 Å². The molecule has 0 N–H and O–H groups in total. The molecule has 66 valence electrons. The zero-order valence-corrected chi connectivity index (χ0v) is 7.23. The van der Waals surface area contributed by atoms with Gasteiger partial charge in [-0.05, 0) is 19.1 Å². The zero-order chi connectivity index (χ0) is 9.26. The van der Waals surface area contributed by atoms with E-state index in [1.807, 2.05) is 37.3 Å². The molecule has 0 saturated carbocycles. The Kier molecular flexibility index (Phi) is 1.77. The molecule has 1 aromatic heterocycles. The molecule has 0 saturated heterocycles. The number of benzene rings is 1. The quantitative estimate of drug-likeness (QED) is 0.661. The monoisotopic (exact) mass is 175 g/mol. The van der Waals surface area contributed by atoms with Gasteiger partial charge in [-0.25, -0.2) is 9.36 Å². The molecule has 1 heterocycles. The molecule has 0 spiro atoms. The van der Waals surface area contributed by atoms with Crippen LogP contribution < -0.4 is 5.76 Å². The summed E-state index contributed by atoms with van der Waals surface area (Å²) < 4.78 is 6.28. The minimum absolute atomic E-state index is 0.344. The molecule has 0 radical (unpaired) electrons. The third-order valence-corrected chi connectivity index (χ3v) is 1.88. The van der Waals surface area contributed by atoms with Crippen molar-refractivity contribution in [2.45, 2.75) is 6.92 Å². The van der Waals surface area contributed by atoms with Gasteiger partial charge in [0.25, 0.3) is 0 Å². The summed E-state index contributed by atoms with van der Waals surface area (Å²) >= 11 is 0. The number of aromatic nitrogens is 1. The van der Waals surface area contributed by atoms with Gasteiger partial charge >= 0.3 is 5.76 Å². The van der Waals surface area contributed by atoms with E-state index in [-0.39, 0.29) is 5.76 Å². The fourth-order valence-corrected chi connectivity index (χ4v) is 1.27. The summed E-state index contributed by atoms with van der Waals surface area (Å²) in [5.74, 6) is -0.344. The lowest BCUT2D eigenvalue weighted by Gasteiger charge is -2.00. The standard InChI is InChI=1S/C10H9NO2/c1-8-7-13-10(12)11(8)9-5-3-2-4-6-9/h2-7H,1H3. The third-order valence-electron chi connectivity index (χ3n) is 1.88.